The number of halogens is 2. The SMILES string of the molecule is CCCNc1ccc(C(=O)Nc2cccc(Cl)c2Cl)cn1. The predicted molar refractivity (Wildman–Crippen MR) is 87.4 cm³/mol. The molecule has 0 spiro atoms. The van der Waals surface area contributed by atoms with Crippen molar-refractivity contribution in [3.8, 4) is 0 Å². The Morgan fingerprint density at radius 1 is 1.24 bits per heavy atom. The lowest BCUT2D eigenvalue weighted by molar-refractivity contribution is 0.102. The van der Waals surface area contributed by atoms with Gasteiger partial charge in [-0.1, -0.05) is 36.2 Å². The molecule has 0 saturated carbocycles. The lowest BCUT2D eigenvalue weighted by atomic mass is 10.2. The van der Waals surface area contributed by atoms with Crippen molar-refractivity contribution in [1.82, 2.24) is 4.98 Å². The molecule has 0 unspecified atom stereocenters. The van der Waals surface area contributed by atoms with Crippen LogP contribution in [0.15, 0.2) is 36.5 Å². The average Bonchev–Trinajstić information content (AvgIpc) is 2.50. The number of benzene rings is 1. The van der Waals surface area contributed by atoms with Crippen LogP contribution in [-0.2, 0) is 0 Å². The molecule has 0 saturated heterocycles. The van der Waals surface area contributed by atoms with Crippen molar-refractivity contribution < 1.29 is 4.79 Å². The van der Waals surface area contributed by atoms with Crippen LogP contribution in [0.1, 0.15) is 23.7 Å². The number of aromatic nitrogens is 1. The van der Waals surface area contributed by atoms with Gasteiger partial charge in [-0.2, -0.15) is 0 Å². The highest BCUT2D eigenvalue weighted by molar-refractivity contribution is 6.44. The summed E-state index contributed by atoms with van der Waals surface area (Å²) in [6.07, 6.45) is 2.53. The Hall–Kier alpha value is -1.78. The summed E-state index contributed by atoms with van der Waals surface area (Å²) in [7, 11) is 0. The van der Waals surface area contributed by atoms with Crippen LogP contribution in [0.4, 0.5) is 11.5 Å². The summed E-state index contributed by atoms with van der Waals surface area (Å²) in [5.74, 6) is 0.461. The van der Waals surface area contributed by atoms with Crippen LogP contribution in [0, 0.1) is 0 Å². The number of amides is 1. The number of carbonyl (C=O) groups excluding carboxylic acids is 1. The van der Waals surface area contributed by atoms with E-state index in [4.69, 9.17) is 23.2 Å². The van der Waals surface area contributed by atoms with Gasteiger partial charge in [-0.05, 0) is 30.7 Å². The molecule has 0 aliphatic rings. The van der Waals surface area contributed by atoms with Gasteiger partial charge >= 0.3 is 0 Å². The molecule has 2 rings (SSSR count). The molecule has 110 valence electrons. The van der Waals surface area contributed by atoms with Crippen LogP contribution in [0.2, 0.25) is 10.0 Å². The Kier molecular flexibility index (Phi) is 5.42. The molecule has 21 heavy (non-hydrogen) atoms. The molecule has 0 aliphatic carbocycles. The second-order valence-electron chi connectivity index (χ2n) is 4.41. The highest BCUT2D eigenvalue weighted by Crippen LogP contribution is 2.29. The van der Waals surface area contributed by atoms with Gasteiger partial charge in [-0.25, -0.2) is 4.98 Å². The first-order chi connectivity index (χ1) is 10.1. The van der Waals surface area contributed by atoms with E-state index in [-0.39, 0.29) is 5.91 Å². The zero-order chi connectivity index (χ0) is 15.2. The minimum atomic E-state index is -0.284. The molecule has 1 aromatic heterocycles. The number of hydrogen-bond acceptors (Lipinski definition) is 3. The average molecular weight is 324 g/mol. The third-order valence-corrected chi connectivity index (χ3v) is 3.60. The quantitative estimate of drug-likeness (QED) is 0.853. The Morgan fingerprint density at radius 3 is 2.71 bits per heavy atom. The molecule has 0 atom stereocenters. The molecular weight excluding hydrogens is 309 g/mol. The summed E-state index contributed by atoms with van der Waals surface area (Å²) >= 11 is 11.9. The Balaban J connectivity index is 2.08. The van der Waals surface area contributed by atoms with Crippen molar-refractivity contribution in [3.63, 3.8) is 0 Å². The first kappa shape index (κ1) is 15.6. The number of nitrogens with one attached hydrogen (secondary N) is 2. The maximum absolute atomic E-state index is 12.1. The van der Waals surface area contributed by atoms with Crippen LogP contribution < -0.4 is 10.6 Å². The lowest BCUT2D eigenvalue weighted by Crippen LogP contribution is -2.13. The Labute approximate surface area is 133 Å². The number of pyridine rings is 1. The van der Waals surface area contributed by atoms with Gasteiger partial charge in [0.1, 0.15) is 5.82 Å². The maximum Gasteiger partial charge on any atom is 0.257 e. The van der Waals surface area contributed by atoms with E-state index in [0.29, 0.717) is 21.3 Å². The van der Waals surface area contributed by atoms with E-state index in [0.717, 1.165) is 18.8 Å². The van der Waals surface area contributed by atoms with Crippen LogP contribution in [0.3, 0.4) is 0 Å². The van der Waals surface area contributed by atoms with E-state index < -0.39 is 0 Å². The van der Waals surface area contributed by atoms with Crippen molar-refractivity contribution in [2.45, 2.75) is 13.3 Å². The van der Waals surface area contributed by atoms with Crippen LogP contribution in [-0.4, -0.2) is 17.4 Å². The maximum atomic E-state index is 12.1. The Morgan fingerprint density at radius 2 is 2.05 bits per heavy atom. The zero-order valence-electron chi connectivity index (χ0n) is 11.5. The van der Waals surface area contributed by atoms with Crippen LogP contribution in [0.5, 0.6) is 0 Å². The van der Waals surface area contributed by atoms with Gasteiger partial charge < -0.3 is 10.6 Å². The number of hydrogen-bond donors (Lipinski definition) is 2. The first-order valence-electron chi connectivity index (χ1n) is 6.57. The molecule has 4 nitrogen and oxygen atoms in total. The molecule has 1 amide bonds. The normalized spacial score (nSPS) is 10.2. The van der Waals surface area contributed by atoms with Gasteiger partial charge in [-0.15, -0.1) is 0 Å². The molecule has 0 fully saturated rings. The van der Waals surface area contributed by atoms with Crippen molar-refractivity contribution in [1.29, 1.82) is 0 Å². The van der Waals surface area contributed by atoms with Gasteiger partial charge in [0, 0.05) is 12.7 Å². The summed E-state index contributed by atoms with van der Waals surface area (Å²) in [6, 6.07) is 8.55. The first-order valence-corrected chi connectivity index (χ1v) is 7.32. The highest BCUT2D eigenvalue weighted by Gasteiger charge is 2.10. The second kappa shape index (κ2) is 7.29. The van der Waals surface area contributed by atoms with Crippen molar-refractivity contribution in [2.75, 3.05) is 17.2 Å². The minimum Gasteiger partial charge on any atom is -0.370 e. The molecule has 2 N–H and O–H groups in total. The molecule has 2 aromatic rings. The standard InChI is InChI=1S/C15H15Cl2N3O/c1-2-8-18-13-7-6-10(9-19-13)15(21)20-12-5-3-4-11(16)14(12)17/h3-7,9H,2,8H2,1H3,(H,18,19)(H,20,21). The van der Waals surface area contributed by atoms with Crippen molar-refractivity contribution in [3.05, 3.63) is 52.1 Å². The van der Waals surface area contributed by atoms with E-state index in [2.05, 4.69) is 22.5 Å². The van der Waals surface area contributed by atoms with Gasteiger partial charge in [0.2, 0.25) is 0 Å². The summed E-state index contributed by atoms with van der Waals surface area (Å²) < 4.78 is 0. The molecule has 1 heterocycles. The van der Waals surface area contributed by atoms with Gasteiger partial charge in [-0.3, -0.25) is 4.79 Å². The smallest absolute Gasteiger partial charge is 0.257 e. The molecule has 1 aromatic carbocycles. The Bertz CT molecular complexity index is 629. The molecule has 0 aliphatic heterocycles. The van der Waals surface area contributed by atoms with Gasteiger partial charge in [0.15, 0.2) is 0 Å². The molecule has 0 bridgehead atoms. The number of nitrogens with zero attached hydrogens (tertiary/aromatic N) is 1. The largest absolute Gasteiger partial charge is 0.370 e. The van der Waals surface area contributed by atoms with E-state index in [1.807, 2.05) is 0 Å². The monoisotopic (exact) mass is 323 g/mol. The van der Waals surface area contributed by atoms with E-state index in [1.54, 1.807) is 30.3 Å². The fraction of sp³-hybridized carbons (Fsp3) is 0.200. The van der Waals surface area contributed by atoms with Gasteiger partial charge in [0.05, 0.1) is 21.3 Å². The highest BCUT2D eigenvalue weighted by atomic mass is 35.5. The summed E-state index contributed by atoms with van der Waals surface area (Å²) in [5, 5.41) is 6.58. The summed E-state index contributed by atoms with van der Waals surface area (Å²) in [5.41, 5.74) is 0.926. The third-order valence-electron chi connectivity index (χ3n) is 2.78. The topological polar surface area (TPSA) is 54.0 Å². The fourth-order valence-corrected chi connectivity index (χ4v) is 2.03. The number of rotatable bonds is 5. The van der Waals surface area contributed by atoms with Crippen molar-refractivity contribution in [2.24, 2.45) is 0 Å². The molecule has 6 heteroatoms. The number of carbonyl (C=O) groups is 1. The van der Waals surface area contributed by atoms with Crippen LogP contribution >= 0.6 is 23.2 Å². The van der Waals surface area contributed by atoms with E-state index in [9.17, 15) is 4.79 Å². The summed E-state index contributed by atoms with van der Waals surface area (Å²) in [6.45, 7) is 2.92. The minimum absolute atomic E-state index is 0.284. The molecular formula is C15H15Cl2N3O. The number of anilines is 2. The third kappa shape index (κ3) is 4.09. The van der Waals surface area contributed by atoms with Crippen molar-refractivity contribution >= 4 is 40.6 Å². The predicted octanol–water partition coefficient (Wildman–Crippen LogP) is 4.46. The lowest BCUT2D eigenvalue weighted by Gasteiger charge is -2.09. The van der Waals surface area contributed by atoms with E-state index >= 15 is 0 Å². The molecule has 0 radical (unpaired) electrons. The van der Waals surface area contributed by atoms with E-state index in [1.165, 1.54) is 6.20 Å². The zero-order valence-corrected chi connectivity index (χ0v) is 13.0. The summed E-state index contributed by atoms with van der Waals surface area (Å²) in [4.78, 5) is 16.3. The fourth-order valence-electron chi connectivity index (χ4n) is 1.68. The second-order valence-corrected chi connectivity index (χ2v) is 5.20. The van der Waals surface area contributed by atoms with Crippen LogP contribution in [0.25, 0.3) is 0 Å². The van der Waals surface area contributed by atoms with Gasteiger partial charge in [0.25, 0.3) is 5.91 Å².